The minimum atomic E-state index is -0.180. The zero-order valence-electron chi connectivity index (χ0n) is 11.9. The van der Waals surface area contributed by atoms with E-state index >= 15 is 0 Å². The van der Waals surface area contributed by atoms with E-state index in [0.717, 1.165) is 31.5 Å². The summed E-state index contributed by atoms with van der Waals surface area (Å²) in [5, 5.41) is 7.17. The number of fused-ring (bicyclic) bond motifs is 3. The van der Waals surface area contributed by atoms with Crippen LogP contribution in [0.3, 0.4) is 0 Å². The zero-order chi connectivity index (χ0) is 14.2. The molecule has 1 fully saturated rings. The molecule has 3 heteroatoms. The molecule has 21 heavy (non-hydrogen) atoms. The van der Waals surface area contributed by atoms with Crippen LogP contribution in [0, 0.1) is 5.82 Å². The van der Waals surface area contributed by atoms with Crippen molar-refractivity contribution in [3.63, 3.8) is 0 Å². The van der Waals surface area contributed by atoms with Crippen molar-refractivity contribution in [2.75, 3.05) is 18.4 Å². The maximum Gasteiger partial charge on any atom is 0.123 e. The van der Waals surface area contributed by atoms with Crippen LogP contribution in [0.2, 0.25) is 0 Å². The summed E-state index contributed by atoms with van der Waals surface area (Å²) < 4.78 is 13.2. The Balaban J connectivity index is 1.81. The van der Waals surface area contributed by atoms with Crippen LogP contribution in [-0.2, 0) is 0 Å². The molecule has 0 spiro atoms. The van der Waals surface area contributed by atoms with Crippen molar-refractivity contribution in [1.29, 1.82) is 0 Å². The topological polar surface area (TPSA) is 24.1 Å². The lowest BCUT2D eigenvalue weighted by molar-refractivity contribution is 0.579. The van der Waals surface area contributed by atoms with E-state index in [1.807, 2.05) is 12.1 Å². The first kappa shape index (κ1) is 12.8. The first-order valence-corrected chi connectivity index (χ1v) is 7.69. The Bertz CT molecular complexity index is 651. The number of nitrogens with one attached hydrogen (secondary N) is 2. The maximum absolute atomic E-state index is 13.2. The molecule has 108 valence electrons. The lowest BCUT2D eigenvalue weighted by Gasteiger charge is -2.18. The molecule has 0 saturated carbocycles. The van der Waals surface area contributed by atoms with Crippen LogP contribution in [0.5, 0.6) is 0 Å². The van der Waals surface area contributed by atoms with E-state index in [2.05, 4.69) is 28.8 Å². The fourth-order valence-corrected chi connectivity index (χ4v) is 3.73. The van der Waals surface area contributed by atoms with Gasteiger partial charge in [-0.1, -0.05) is 24.3 Å². The molecule has 0 radical (unpaired) electrons. The van der Waals surface area contributed by atoms with Crippen LogP contribution in [-0.4, -0.2) is 19.1 Å². The second-order valence-corrected chi connectivity index (χ2v) is 5.96. The van der Waals surface area contributed by atoms with E-state index in [1.165, 1.54) is 16.8 Å². The maximum atomic E-state index is 13.2. The number of hydrogen-bond donors (Lipinski definition) is 2. The second kappa shape index (κ2) is 5.15. The Morgan fingerprint density at radius 1 is 0.952 bits per heavy atom. The van der Waals surface area contributed by atoms with Crippen molar-refractivity contribution in [1.82, 2.24) is 5.32 Å². The molecule has 2 aromatic rings. The van der Waals surface area contributed by atoms with Gasteiger partial charge in [0, 0.05) is 17.6 Å². The second-order valence-electron chi connectivity index (χ2n) is 5.96. The van der Waals surface area contributed by atoms with Gasteiger partial charge in [-0.15, -0.1) is 0 Å². The number of anilines is 1. The summed E-state index contributed by atoms with van der Waals surface area (Å²) in [5.41, 5.74) is 5.02. The number of benzene rings is 2. The van der Waals surface area contributed by atoms with Gasteiger partial charge in [0.05, 0.1) is 0 Å². The van der Waals surface area contributed by atoms with Gasteiger partial charge in [0.25, 0.3) is 0 Å². The van der Waals surface area contributed by atoms with Gasteiger partial charge in [-0.3, -0.25) is 0 Å². The summed E-state index contributed by atoms with van der Waals surface area (Å²) in [6, 6.07) is 13.8. The van der Waals surface area contributed by atoms with Crippen LogP contribution in [0.15, 0.2) is 42.5 Å². The number of rotatable bonds is 1. The van der Waals surface area contributed by atoms with E-state index in [9.17, 15) is 4.39 Å². The Hall–Kier alpha value is -1.87. The van der Waals surface area contributed by atoms with E-state index in [1.54, 1.807) is 12.1 Å². The smallest absolute Gasteiger partial charge is 0.123 e. The molecule has 1 saturated heterocycles. The summed E-state index contributed by atoms with van der Waals surface area (Å²) in [6.07, 6.45) is 2.31. The van der Waals surface area contributed by atoms with E-state index in [-0.39, 0.29) is 5.82 Å². The molecule has 2 nitrogen and oxygen atoms in total. The van der Waals surface area contributed by atoms with Gasteiger partial charge in [0.1, 0.15) is 5.82 Å². The molecule has 2 unspecified atom stereocenters. The number of halogens is 1. The lowest BCUT2D eigenvalue weighted by atomic mass is 9.86. The van der Waals surface area contributed by atoms with Crippen LogP contribution in [0.1, 0.15) is 24.3 Å². The Kier molecular flexibility index (Phi) is 3.15. The molecule has 0 aromatic heterocycles. The molecule has 0 aliphatic carbocycles. The zero-order valence-corrected chi connectivity index (χ0v) is 11.9. The summed E-state index contributed by atoms with van der Waals surface area (Å²) >= 11 is 0. The third-order valence-corrected chi connectivity index (χ3v) is 4.72. The Morgan fingerprint density at radius 3 is 2.62 bits per heavy atom. The monoisotopic (exact) mass is 282 g/mol. The molecular weight excluding hydrogens is 263 g/mol. The molecule has 2 aliphatic rings. The van der Waals surface area contributed by atoms with Gasteiger partial charge >= 0.3 is 0 Å². The third-order valence-electron chi connectivity index (χ3n) is 4.72. The Morgan fingerprint density at radius 2 is 1.76 bits per heavy atom. The average Bonchev–Trinajstić information content (AvgIpc) is 2.70. The predicted octanol–water partition coefficient (Wildman–Crippen LogP) is 3.75. The fraction of sp³-hybridized carbons (Fsp3) is 0.333. The van der Waals surface area contributed by atoms with Crippen LogP contribution >= 0.6 is 0 Å². The van der Waals surface area contributed by atoms with E-state index in [4.69, 9.17) is 0 Å². The highest BCUT2D eigenvalue weighted by molar-refractivity contribution is 5.77. The van der Waals surface area contributed by atoms with Crippen LogP contribution in [0.4, 0.5) is 10.1 Å². The van der Waals surface area contributed by atoms with Gasteiger partial charge in [-0.25, -0.2) is 4.39 Å². The van der Waals surface area contributed by atoms with E-state index < -0.39 is 0 Å². The predicted molar refractivity (Wildman–Crippen MR) is 84.1 cm³/mol. The van der Waals surface area contributed by atoms with Crippen molar-refractivity contribution in [3.8, 4) is 11.1 Å². The molecule has 2 atom stereocenters. The van der Waals surface area contributed by atoms with E-state index in [0.29, 0.717) is 12.0 Å². The minimum absolute atomic E-state index is 0.180. The average molecular weight is 282 g/mol. The molecule has 2 heterocycles. The SMILES string of the molecule is Fc1ccc(-c2cccc3c2C2CCNCCC2N3)cc1. The van der Waals surface area contributed by atoms with Gasteiger partial charge in [-0.05, 0) is 60.8 Å². The lowest BCUT2D eigenvalue weighted by Crippen LogP contribution is -2.21. The summed E-state index contributed by atoms with van der Waals surface area (Å²) in [5.74, 6) is 0.372. The molecule has 0 amide bonds. The quantitative estimate of drug-likeness (QED) is 0.832. The van der Waals surface area contributed by atoms with Gasteiger partial charge in [0.15, 0.2) is 0 Å². The summed E-state index contributed by atoms with van der Waals surface area (Å²) in [4.78, 5) is 0. The first-order valence-electron chi connectivity index (χ1n) is 7.69. The molecule has 2 N–H and O–H groups in total. The van der Waals surface area contributed by atoms with Gasteiger partial charge in [-0.2, -0.15) is 0 Å². The van der Waals surface area contributed by atoms with Crippen molar-refractivity contribution in [2.45, 2.75) is 24.8 Å². The normalized spacial score (nSPS) is 23.9. The van der Waals surface area contributed by atoms with Gasteiger partial charge < -0.3 is 10.6 Å². The minimum Gasteiger partial charge on any atom is -0.381 e. The largest absolute Gasteiger partial charge is 0.381 e. The molecule has 2 aliphatic heterocycles. The Labute approximate surface area is 124 Å². The fourth-order valence-electron chi connectivity index (χ4n) is 3.73. The molecule has 4 rings (SSSR count). The van der Waals surface area contributed by atoms with Gasteiger partial charge in [0.2, 0.25) is 0 Å². The first-order chi connectivity index (χ1) is 10.3. The van der Waals surface area contributed by atoms with Crippen molar-refractivity contribution in [2.24, 2.45) is 0 Å². The third kappa shape index (κ3) is 2.22. The molecular formula is C18H19FN2. The molecule has 0 bridgehead atoms. The number of hydrogen-bond acceptors (Lipinski definition) is 2. The highest BCUT2D eigenvalue weighted by Crippen LogP contribution is 2.45. The van der Waals surface area contributed by atoms with Crippen molar-refractivity contribution in [3.05, 3.63) is 53.8 Å². The summed E-state index contributed by atoms with van der Waals surface area (Å²) in [7, 11) is 0. The highest BCUT2D eigenvalue weighted by atomic mass is 19.1. The van der Waals surface area contributed by atoms with Crippen LogP contribution in [0.25, 0.3) is 11.1 Å². The summed E-state index contributed by atoms with van der Waals surface area (Å²) in [6.45, 7) is 2.15. The molecule has 2 aromatic carbocycles. The van der Waals surface area contributed by atoms with Crippen molar-refractivity contribution >= 4 is 5.69 Å². The van der Waals surface area contributed by atoms with Crippen molar-refractivity contribution < 1.29 is 4.39 Å². The van der Waals surface area contributed by atoms with Crippen LogP contribution < -0.4 is 10.6 Å². The standard InChI is InChI=1S/C18H19FN2/c19-13-6-4-12(5-7-13)14-2-1-3-17-18(14)15-8-10-20-11-9-16(15)21-17/h1-7,15-16,20-21H,8-11H2. The highest BCUT2D eigenvalue weighted by Gasteiger charge is 2.34.